The Hall–Kier alpha value is -2.21. The predicted octanol–water partition coefficient (Wildman–Crippen LogP) is 3.20. The maximum Gasteiger partial charge on any atom is 0.101 e. The van der Waals surface area contributed by atoms with Gasteiger partial charge in [0.2, 0.25) is 0 Å². The van der Waals surface area contributed by atoms with Crippen LogP contribution in [0.5, 0.6) is 0 Å². The van der Waals surface area contributed by atoms with Crippen molar-refractivity contribution in [2.45, 2.75) is 32.6 Å². The van der Waals surface area contributed by atoms with Gasteiger partial charge in [0.15, 0.2) is 0 Å². The molecule has 0 saturated carbocycles. The van der Waals surface area contributed by atoms with Gasteiger partial charge >= 0.3 is 0 Å². The summed E-state index contributed by atoms with van der Waals surface area (Å²) in [6.45, 7) is 1.95. The monoisotopic (exact) mass is 249 g/mol. The summed E-state index contributed by atoms with van der Waals surface area (Å²) in [6, 6.07) is 8.21. The van der Waals surface area contributed by atoms with Gasteiger partial charge in [-0.3, -0.25) is 9.97 Å². The zero-order chi connectivity index (χ0) is 13.2. The molecule has 0 aromatic carbocycles. The third-order valence-corrected chi connectivity index (χ3v) is 3.59. The highest BCUT2D eigenvalue weighted by molar-refractivity contribution is 5.67. The summed E-state index contributed by atoms with van der Waals surface area (Å²) in [4.78, 5) is 8.94. The molecule has 2 aromatic heterocycles. The second-order valence-corrected chi connectivity index (χ2v) is 5.00. The third kappa shape index (κ3) is 2.22. The average molecular weight is 249 g/mol. The summed E-state index contributed by atoms with van der Waals surface area (Å²) in [5, 5.41) is 9.35. The Morgan fingerprint density at radius 1 is 1.21 bits per heavy atom. The molecule has 0 unspecified atom stereocenters. The lowest BCUT2D eigenvalue weighted by Gasteiger charge is -2.16. The van der Waals surface area contributed by atoms with Crippen molar-refractivity contribution in [2.75, 3.05) is 0 Å². The van der Waals surface area contributed by atoms with Crippen LogP contribution in [0.25, 0.3) is 11.3 Å². The normalized spacial score (nSPS) is 13.7. The van der Waals surface area contributed by atoms with E-state index in [1.807, 2.05) is 25.1 Å². The number of nitrogens with zero attached hydrogens (tertiary/aromatic N) is 3. The molecule has 1 aliphatic rings. The molecule has 0 spiro atoms. The summed E-state index contributed by atoms with van der Waals surface area (Å²) < 4.78 is 0. The first-order valence-corrected chi connectivity index (χ1v) is 6.64. The van der Waals surface area contributed by atoms with Gasteiger partial charge in [0, 0.05) is 23.1 Å². The molecule has 0 aliphatic heterocycles. The lowest BCUT2D eigenvalue weighted by molar-refractivity contribution is 0.668. The Labute approximate surface area is 113 Å². The second kappa shape index (κ2) is 4.81. The number of hydrogen-bond donors (Lipinski definition) is 0. The molecular formula is C16H15N3. The number of fused-ring (bicyclic) bond motifs is 1. The minimum Gasteiger partial charge on any atom is -0.262 e. The number of pyridine rings is 2. The maximum atomic E-state index is 9.35. The smallest absolute Gasteiger partial charge is 0.101 e. The van der Waals surface area contributed by atoms with Gasteiger partial charge in [-0.1, -0.05) is 0 Å². The van der Waals surface area contributed by atoms with Gasteiger partial charge in [0.25, 0.3) is 0 Å². The molecule has 1 aliphatic carbocycles. The van der Waals surface area contributed by atoms with Crippen LogP contribution in [0.1, 0.15) is 35.4 Å². The Bertz CT molecular complexity index is 668. The molecule has 19 heavy (non-hydrogen) atoms. The zero-order valence-corrected chi connectivity index (χ0v) is 11.0. The van der Waals surface area contributed by atoms with Gasteiger partial charge in [-0.15, -0.1) is 0 Å². The zero-order valence-electron chi connectivity index (χ0n) is 11.0. The molecule has 0 bridgehead atoms. The highest BCUT2D eigenvalue weighted by Crippen LogP contribution is 2.27. The Morgan fingerprint density at radius 2 is 2.05 bits per heavy atom. The number of aryl methyl sites for hydroxylation is 3. The fraction of sp³-hybridized carbons (Fsp3) is 0.312. The minimum atomic E-state index is 0.672. The van der Waals surface area contributed by atoms with E-state index < -0.39 is 0 Å². The van der Waals surface area contributed by atoms with E-state index in [1.165, 1.54) is 18.4 Å². The van der Waals surface area contributed by atoms with Crippen molar-refractivity contribution < 1.29 is 0 Å². The van der Waals surface area contributed by atoms with Crippen LogP contribution in [0.2, 0.25) is 0 Å². The molecule has 3 rings (SSSR count). The fourth-order valence-electron chi connectivity index (χ4n) is 2.63. The van der Waals surface area contributed by atoms with Gasteiger partial charge in [-0.25, -0.2) is 0 Å². The first-order chi connectivity index (χ1) is 9.28. The van der Waals surface area contributed by atoms with Crippen molar-refractivity contribution in [3.63, 3.8) is 0 Å². The van der Waals surface area contributed by atoms with Crippen LogP contribution >= 0.6 is 0 Å². The molecule has 2 heterocycles. The second-order valence-electron chi connectivity index (χ2n) is 5.00. The number of nitriles is 1. The molecule has 3 heteroatoms. The van der Waals surface area contributed by atoms with Crippen LogP contribution in [-0.2, 0) is 12.8 Å². The van der Waals surface area contributed by atoms with Crippen LogP contribution in [-0.4, -0.2) is 9.97 Å². The van der Waals surface area contributed by atoms with E-state index in [9.17, 15) is 5.26 Å². The summed E-state index contributed by atoms with van der Waals surface area (Å²) in [5.74, 6) is 0. The summed E-state index contributed by atoms with van der Waals surface area (Å²) >= 11 is 0. The molecule has 94 valence electrons. The standard InChI is InChI=1S/C16H15N3/c1-11-8-13(6-7-18-11)16-14(10-17)9-12-4-2-3-5-15(12)19-16/h6-9H,2-5H2,1H3. The van der Waals surface area contributed by atoms with Crippen molar-refractivity contribution in [3.8, 4) is 17.3 Å². The van der Waals surface area contributed by atoms with Crippen LogP contribution in [0.15, 0.2) is 24.4 Å². The van der Waals surface area contributed by atoms with Crippen molar-refractivity contribution in [1.82, 2.24) is 9.97 Å². The van der Waals surface area contributed by atoms with E-state index in [1.54, 1.807) is 6.20 Å². The number of aromatic nitrogens is 2. The van der Waals surface area contributed by atoms with Crippen molar-refractivity contribution >= 4 is 0 Å². The summed E-state index contributed by atoms with van der Waals surface area (Å²) in [6.07, 6.45) is 6.24. The molecule has 0 fully saturated rings. The summed E-state index contributed by atoms with van der Waals surface area (Å²) in [7, 11) is 0. The lowest BCUT2D eigenvalue weighted by Crippen LogP contribution is -2.07. The molecule has 0 N–H and O–H groups in total. The first-order valence-electron chi connectivity index (χ1n) is 6.64. The van der Waals surface area contributed by atoms with E-state index in [0.717, 1.165) is 35.5 Å². The topological polar surface area (TPSA) is 49.6 Å². The minimum absolute atomic E-state index is 0.672. The lowest BCUT2D eigenvalue weighted by atomic mass is 9.93. The molecular weight excluding hydrogens is 234 g/mol. The highest BCUT2D eigenvalue weighted by Gasteiger charge is 2.16. The van der Waals surface area contributed by atoms with Gasteiger partial charge in [0.1, 0.15) is 6.07 Å². The average Bonchev–Trinajstić information content (AvgIpc) is 2.46. The number of rotatable bonds is 1. The molecule has 0 atom stereocenters. The van der Waals surface area contributed by atoms with E-state index in [4.69, 9.17) is 4.98 Å². The Balaban J connectivity index is 2.17. The molecule has 0 saturated heterocycles. The van der Waals surface area contributed by atoms with E-state index in [0.29, 0.717) is 5.56 Å². The van der Waals surface area contributed by atoms with E-state index in [2.05, 4.69) is 11.1 Å². The largest absolute Gasteiger partial charge is 0.262 e. The Morgan fingerprint density at radius 3 is 2.84 bits per heavy atom. The SMILES string of the molecule is Cc1cc(-c2nc3c(cc2C#N)CCCC3)ccn1. The molecule has 0 radical (unpaired) electrons. The number of hydrogen-bond acceptors (Lipinski definition) is 3. The van der Waals surface area contributed by atoms with Crippen molar-refractivity contribution in [3.05, 3.63) is 46.9 Å². The van der Waals surface area contributed by atoms with Gasteiger partial charge in [-0.05, 0) is 56.4 Å². The van der Waals surface area contributed by atoms with Gasteiger partial charge < -0.3 is 0 Å². The predicted molar refractivity (Wildman–Crippen MR) is 73.6 cm³/mol. The Kier molecular flexibility index (Phi) is 3.00. The molecule has 3 nitrogen and oxygen atoms in total. The van der Waals surface area contributed by atoms with E-state index in [-0.39, 0.29) is 0 Å². The maximum absolute atomic E-state index is 9.35. The van der Waals surface area contributed by atoms with Gasteiger partial charge in [0.05, 0.1) is 11.3 Å². The summed E-state index contributed by atoms with van der Waals surface area (Å²) in [5.41, 5.74) is 5.81. The van der Waals surface area contributed by atoms with Crippen LogP contribution < -0.4 is 0 Å². The van der Waals surface area contributed by atoms with Gasteiger partial charge in [-0.2, -0.15) is 5.26 Å². The van der Waals surface area contributed by atoms with Crippen molar-refractivity contribution in [1.29, 1.82) is 5.26 Å². The van der Waals surface area contributed by atoms with E-state index >= 15 is 0 Å². The quantitative estimate of drug-likeness (QED) is 0.779. The fourth-order valence-corrected chi connectivity index (χ4v) is 2.63. The van der Waals surface area contributed by atoms with Crippen molar-refractivity contribution in [2.24, 2.45) is 0 Å². The van der Waals surface area contributed by atoms with Crippen LogP contribution in [0.4, 0.5) is 0 Å². The molecule has 0 amide bonds. The van der Waals surface area contributed by atoms with Crippen LogP contribution in [0.3, 0.4) is 0 Å². The first kappa shape index (κ1) is 11.9. The highest BCUT2D eigenvalue weighted by atomic mass is 14.7. The molecule has 2 aromatic rings. The van der Waals surface area contributed by atoms with Crippen LogP contribution in [0, 0.1) is 18.3 Å². The third-order valence-electron chi connectivity index (χ3n) is 3.59.